The number of aryl methyl sites for hydroxylation is 3. The molecule has 0 aliphatic carbocycles. The van der Waals surface area contributed by atoms with Crippen molar-refractivity contribution in [3.63, 3.8) is 0 Å². The number of aromatic carboxylic acids is 1. The predicted octanol–water partition coefficient (Wildman–Crippen LogP) is 6.07. The predicted molar refractivity (Wildman–Crippen MR) is 135 cm³/mol. The fraction of sp³-hybridized carbons (Fsp3) is 0.276. The largest absolute Gasteiger partial charge is 0.478 e. The SMILES string of the molecule is CC(C)CCn1nc(CCc2ccccc2)nc1Cc1ccc(-c2ccccc2C(=O)O)cc1. The lowest BCUT2D eigenvalue weighted by Crippen LogP contribution is -2.08. The molecule has 5 heteroatoms. The zero-order valence-electron chi connectivity index (χ0n) is 19.8. The van der Waals surface area contributed by atoms with Crippen LogP contribution in [0, 0.1) is 5.92 Å². The highest BCUT2D eigenvalue weighted by molar-refractivity contribution is 5.95. The number of carboxylic acids is 1. The summed E-state index contributed by atoms with van der Waals surface area (Å²) in [5, 5.41) is 14.3. The molecule has 0 radical (unpaired) electrons. The first-order valence-electron chi connectivity index (χ1n) is 11.9. The van der Waals surface area contributed by atoms with Crippen LogP contribution in [-0.2, 0) is 25.8 Å². The second kappa shape index (κ2) is 10.9. The molecule has 4 rings (SSSR count). The van der Waals surface area contributed by atoms with Crippen molar-refractivity contribution in [2.45, 2.75) is 46.1 Å². The Kier molecular flexibility index (Phi) is 7.53. The van der Waals surface area contributed by atoms with Crippen molar-refractivity contribution in [2.75, 3.05) is 0 Å². The van der Waals surface area contributed by atoms with Gasteiger partial charge < -0.3 is 5.11 Å². The molecule has 4 aromatic rings. The molecule has 5 nitrogen and oxygen atoms in total. The summed E-state index contributed by atoms with van der Waals surface area (Å²) in [5.41, 5.74) is 4.35. The average molecular weight is 454 g/mol. The first kappa shape index (κ1) is 23.4. The number of aromatic nitrogens is 3. The van der Waals surface area contributed by atoms with E-state index in [0.717, 1.165) is 54.1 Å². The molecule has 0 aliphatic heterocycles. The molecule has 0 unspecified atom stereocenters. The normalized spacial score (nSPS) is 11.1. The molecule has 1 heterocycles. The molecular formula is C29H31N3O2. The number of nitrogens with zero attached hydrogens (tertiary/aromatic N) is 3. The lowest BCUT2D eigenvalue weighted by molar-refractivity contribution is 0.0697. The molecule has 1 N–H and O–H groups in total. The van der Waals surface area contributed by atoms with Gasteiger partial charge in [0.25, 0.3) is 0 Å². The highest BCUT2D eigenvalue weighted by Crippen LogP contribution is 2.25. The fourth-order valence-electron chi connectivity index (χ4n) is 4.03. The maximum atomic E-state index is 11.6. The molecule has 0 fully saturated rings. The highest BCUT2D eigenvalue weighted by atomic mass is 16.4. The summed E-state index contributed by atoms with van der Waals surface area (Å²) in [6, 6.07) is 25.6. The van der Waals surface area contributed by atoms with E-state index >= 15 is 0 Å². The van der Waals surface area contributed by atoms with E-state index in [-0.39, 0.29) is 0 Å². The first-order valence-corrected chi connectivity index (χ1v) is 11.9. The Hall–Kier alpha value is -3.73. The first-order chi connectivity index (χ1) is 16.5. The van der Waals surface area contributed by atoms with E-state index < -0.39 is 5.97 Å². The molecule has 0 saturated heterocycles. The zero-order chi connectivity index (χ0) is 23.9. The Morgan fingerprint density at radius 3 is 2.29 bits per heavy atom. The summed E-state index contributed by atoms with van der Waals surface area (Å²) in [6.07, 6.45) is 3.49. The van der Waals surface area contributed by atoms with E-state index in [2.05, 4.69) is 54.9 Å². The Morgan fingerprint density at radius 1 is 0.882 bits per heavy atom. The van der Waals surface area contributed by atoms with Gasteiger partial charge in [-0.1, -0.05) is 86.6 Å². The van der Waals surface area contributed by atoms with Gasteiger partial charge in [-0.15, -0.1) is 0 Å². The number of carboxylic acid groups (broad SMARTS) is 1. The second-order valence-electron chi connectivity index (χ2n) is 9.06. The van der Waals surface area contributed by atoms with Crippen molar-refractivity contribution in [1.82, 2.24) is 14.8 Å². The number of benzene rings is 3. The van der Waals surface area contributed by atoms with Gasteiger partial charge in [0.1, 0.15) is 5.82 Å². The molecule has 0 saturated carbocycles. The third kappa shape index (κ3) is 5.98. The van der Waals surface area contributed by atoms with Gasteiger partial charge in [0, 0.05) is 19.4 Å². The fourth-order valence-corrected chi connectivity index (χ4v) is 4.03. The Morgan fingerprint density at radius 2 is 1.59 bits per heavy atom. The molecule has 34 heavy (non-hydrogen) atoms. The lowest BCUT2D eigenvalue weighted by Gasteiger charge is -2.09. The maximum absolute atomic E-state index is 11.6. The standard InChI is InChI=1S/C29H31N3O2/c1-21(2)18-19-32-28(30-27(31-32)17-14-22-8-4-3-5-9-22)20-23-12-15-24(16-13-23)25-10-6-7-11-26(25)29(33)34/h3-13,15-16,21H,14,17-20H2,1-2H3,(H,33,34). The van der Waals surface area contributed by atoms with Crippen molar-refractivity contribution >= 4 is 5.97 Å². The van der Waals surface area contributed by atoms with Crippen LogP contribution in [0.2, 0.25) is 0 Å². The van der Waals surface area contributed by atoms with Crippen molar-refractivity contribution in [3.05, 3.63) is 107 Å². The lowest BCUT2D eigenvalue weighted by atomic mass is 9.98. The van der Waals surface area contributed by atoms with E-state index in [1.54, 1.807) is 12.1 Å². The topological polar surface area (TPSA) is 68.0 Å². The quantitative estimate of drug-likeness (QED) is 0.317. The summed E-state index contributed by atoms with van der Waals surface area (Å²) >= 11 is 0. The molecule has 174 valence electrons. The Balaban J connectivity index is 1.52. The van der Waals surface area contributed by atoms with Gasteiger partial charge in [-0.05, 0) is 47.1 Å². The van der Waals surface area contributed by atoms with E-state index in [9.17, 15) is 9.90 Å². The number of rotatable bonds is 10. The van der Waals surface area contributed by atoms with Crippen LogP contribution in [-0.4, -0.2) is 25.8 Å². The minimum absolute atomic E-state index is 0.312. The van der Waals surface area contributed by atoms with Gasteiger partial charge in [-0.3, -0.25) is 0 Å². The third-order valence-corrected chi connectivity index (χ3v) is 5.98. The van der Waals surface area contributed by atoms with E-state index in [1.165, 1.54) is 5.56 Å². The minimum Gasteiger partial charge on any atom is -0.478 e. The molecule has 0 spiro atoms. The average Bonchev–Trinajstić information content (AvgIpc) is 3.24. The minimum atomic E-state index is -0.916. The van der Waals surface area contributed by atoms with Crippen LogP contribution in [0.25, 0.3) is 11.1 Å². The molecule has 0 bridgehead atoms. The zero-order valence-corrected chi connectivity index (χ0v) is 19.8. The number of carbonyl (C=O) groups is 1. The van der Waals surface area contributed by atoms with Crippen molar-refractivity contribution in [3.8, 4) is 11.1 Å². The summed E-state index contributed by atoms with van der Waals surface area (Å²) in [7, 11) is 0. The molecule has 0 atom stereocenters. The molecule has 0 aliphatic rings. The Bertz CT molecular complexity index is 1230. The van der Waals surface area contributed by atoms with Crippen LogP contribution in [0.15, 0.2) is 78.9 Å². The van der Waals surface area contributed by atoms with Crippen molar-refractivity contribution in [2.24, 2.45) is 5.92 Å². The monoisotopic (exact) mass is 453 g/mol. The maximum Gasteiger partial charge on any atom is 0.336 e. The number of hydrogen-bond donors (Lipinski definition) is 1. The molecule has 3 aromatic carbocycles. The second-order valence-corrected chi connectivity index (χ2v) is 9.06. The van der Waals surface area contributed by atoms with Crippen molar-refractivity contribution < 1.29 is 9.90 Å². The summed E-state index contributed by atoms with van der Waals surface area (Å²) in [5.74, 6) is 1.54. The highest BCUT2D eigenvalue weighted by Gasteiger charge is 2.13. The van der Waals surface area contributed by atoms with Crippen LogP contribution in [0.3, 0.4) is 0 Å². The molecular weight excluding hydrogens is 422 g/mol. The third-order valence-electron chi connectivity index (χ3n) is 5.98. The summed E-state index contributed by atoms with van der Waals surface area (Å²) in [4.78, 5) is 16.5. The van der Waals surface area contributed by atoms with Gasteiger partial charge in [0.05, 0.1) is 5.56 Å². The van der Waals surface area contributed by atoms with E-state index in [4.69, 9.17) is 10.1 Å². The van der Waals surface area contributed by atoms with Crippen LogP contribution >= 0.6 is 0 Å². The van der Waals surface area contributed by atoms with Gasteiger partial charge in [0.2, 0.25) is 0 Å². The van der Waals surface area contributed by atoms with E-state index in [1.807, 2.05) is 30.3 Å². The van der Waals surface area contributed by atoms with Crippen LogP contribution < -0.4 is 0 Å². The van der Waals surface area contributed by atoms with Crippen molar-refractivity contribution in [1.29, 1.82) is 0 Å². The van der Waals surface area contributed by atoms with Gasteiger partial charge in [-0.25, -0.2) is 14.5 Å². The number of hydrogen-bond acceptors (Lipinski definition) is 3. The van der Waals surface area contributed by atoms with Gasteiger partial charge >= 0.3 is 5.97 Å². The summed E-state index contributed by atoms with van der Waals surface area (Å²) in [6.45, 7) is 5.30. The van der Waals surface area contributed by atoms with Gasteiger partial charge in [0.15, 0.2) is 5.82 Å². The van der Waals surface area contributed by atoms with Crippen LogP contribution in [0.4, 0.5) is 0 Å². The van der Waals surface area contributed by atoms with Crippen LogP contribution in [0.5, 0.6) is 0 Å². The Labute approximate surface area is 201 Å². The molecule has 0 amide bonds. The smallest absolute Gasteiger partial charge is 0.336 e. The van der Waals surface area contributed by atoms with E-state index in [0.29, 0.717) is 17.9 Å². The van der Waals surface area contributed by atoms with Gasteiger partial charge in [-0.2, -0.15) is 5.10 Å². The summed E-state index contributed by atoms with van der Waals surface area (Å²) < 4.78 is 2.06. The molecule has 1 aromatic heterocycles. The van der Waals surface area contributed by atoms with Crippen LogP contribution in [0.1, 0.15) is 53.4 Å².